The summed E-state index contributed by atoms with van der Waals surface area (Å²) in [5, 5.41) is 2.72. The second kappa shape index (κ2) is 10.2. The molecule has 9 nitrogen and oxygen atoms in total. The van der Waals surface area contributed by atoms with Crippen molar-refractivity contribution in [2.75, 3.05) is 18.5 Å². The van der Waals surface area contributed by atoms with Crippen LogP contribution in [-0.2, 0) is 14.8 Å². The van der Waals surface area contributed by atoms with Crippen molar-refractivity contribution in [3.63, 3.8) is 0 Å². The highest BCUT2D eigenvalue weighted by Crippen LogP contribution is 2.19. The second-order valence-corrected chi connectivity index (χ2v) is 8.79. The monoisotopic (exact) mass is 456 g/mol. The fourth-order valence-corrected chi connectivity index (χ4v) is 3.97. The number of aromatic nitrogens is 2. The van der Waals surface area contributed by atoms with Crippen LogP contribution in [-0.4, -0.2) is 37.4 Å². The van der Waals surface area contributed by atoms with E-state index in [1.54, 1.807) is 31.2 Å². The molecule has 1 amide bonds. The molecule has 1 aromatic heterocycles. The molecular formula is C22H24N4O5S. The van der Waals surface area contributed by atoms with Gasteiger partial charge >= 0.3 is 0 Å². The Bertz CT molecular complexity index is 1250. The normalized spacial score (nSPS) is 11.2. The number of aryl methyl sites for hydroxylation is 1. The van der Waals surface area contributed by atoms with Gasteiger partial charge < -0.3 is 15.0 Å². The molecule has 0 aliphatic heterocycles. The van der Waals surface area contributed by atoms with Gasteiger partial charge in [-0.15, -0.1) is 0 Å². The summed E-state index contributed by atoms with van der Waals surface area (Å²) in [4.78, 5) is 31.0. The van der Waals surface area contributed by atoms with Crippen molar-refractivity contribution in [3.8, 4) is 17.1 Å². The van der Waals surface area contributed by atoms with Crippen LogP contribution in [0.25, 0.3) is 11.4 Å². The van der Waals surface area contributed by atoms with Gasteiger partial charge in [0.05, 0.1) is 4.90 Å². The first kappa shape index (κ1) is 23.2. The number of nitrogens with one attached hydrogen (secondary N) is 3. The molecular weight excluding hydrogens is 432 g/mol. The van der Waals surface area contributed by atoms with Crippen molar-refractivity contribution in [1.82, 2.24) is 14.7 Å². The van der Waals surface area contributed by atoms with Crippen LogP contribution < -0.4 is 20.3 Å². The summed E-state index contributed by atoms with van der Waals surface area (Å²) in [6.45, 7) is 3.70. The zero-order valence-electron chi connectivity index (χ0n) is 17.7. The van der Waals surface area contributed by atoms with Gasteiger partial charge in [0.1, 0.15) is 11.6 Å². The lowest BCUT2D eigenvalue weighted by molar-refractivity contribution is -0.118. The summed E-state index contributed by atoms with van der Waals surface area (Å²) in [7, 11) is -3.56. The number of anilines is 1. The third kappa shape index (κ3) is 6.25. The molecule has 0 unspecified atom stereocenters. The fraction of sp³-hybridized carbons (Fsp3) is 0.227. The number of H-pyrrole nitrogens is 1. The highest BCUT2D eigenvalue weighted by molar-refractivity contribution is 7.89. The van der Waals surface area contributed by atoms with Gasteiger partial charge in [-0.25, -0.2) is 18.1 Å². The first-order valence-corrected chi connectivity index (χ1v) is 11.5. The lowest BCUT2D eigenvalue weighted by Crippen LogP contribution is -2.24. The molecule has 2 aromatic carbocycles. The first-order valence-electron chi connectivity index (χ1n) is 9.97. The van der Waals surface area contributed by atoms with Gasteiger partial charge in [0.2, 0.25) is 10.0 Å². The van der Waals surface area contributed by atoms with E-state index in [0.717, 1.165) is 0 Å². The number of ether oxygens (including phenoxy) is 1. The van der Waals surface area contributed by atoms with Gasteiger partial charge in [-0.05, 0) is 49.7 Å². The molecule has 1 heterocycles. The van der Waals surface area contributed by atoms with E-state index in [2.05, 4.69) is 20.0 Å². The average Bonchev–Trinajstić information content (AvgIpc) is 2.76. The third-order valence-electron chi connectivity index (χ3n) is 4.34. The van der Waals surface area contributed by atoms with Gasteiger partial charge in [-0.2, -0.15) is 0 Å². The lowest BCUT2D eigenvalue weighted by Gasteiger charge is -2.10. The van der Waals surface area contributed by atoms with Crippen molar-refractivity contribution in [2.24, 2.45) is 0 Å². The number of amides is 1. The van der Waals surface area contributed by atoms with Crippen LogP contribution >= 0.6 is 0 Å². The largest absolute Gasteiger partial charge is 0.484 e. The highest BCUT2D eigenvalue weighted by Gasteiger charge is 2.13. The number of nitrogens with zero attached hydrogens (tertiary/aromatic N) is 1. The van der Waals surface area contributed by atoms with Crippen LogP contribution in [0, 0.1) is 6.92 Å². The standard InChI is InChI=1S/C22H24N4O5S/c1-3-11-23-32(29,30)19-9-7-18(8-10-19)31-14-21(28)25-17-6-4-5-16(13-17)22-24-15(2)12-20(27)26-22/h4-10,12-13,23H,3,11,14H2,1-2H3,(H,25,28)(H,24,26,27). The zero-order chi connectivity index (χ0) is 23.1. The summed E-state index contributed by atoms with van der Waals surface area (Å²) in [6, 6.07) is 14.1. The molecule has 0 aliphatic carbocycles. The van der Waals surface area contributed by atoms with Crippen LogP contribution in [0.4, 0.5) is 5.69 Å². The minimum atomic E-state index is -3.56. The number of aromatic amines is 1. The number of benzene rings is 2. The molecule has 0 fully saturated rings. The van der Waals surface area contributed by atoms with Crippen molar-refractivity contribution < 1.29 is 17.9 Å². The smallest absolute Gasteiger partial charge is 0.262 e. The maximum Gasteiger partial charge on any atom is 0.262 e. The number of carbonyl (C=O) groups is 1. The summed E-state index contributed by atoms with van der Waals surface area (Å²) in [6.07, 6.45) is 0.692. The zero-order valence-corrected chi connectivity index (χ0v) is 18.5. The van der Waals surface area contributed by atoms with E-state index in [-0.39, 0.29) is 17.1 Å². The van der Waals surface area contributed by atoms with Crippen molar-refractivity contribution in [2.45, 2.75) is 25.2 Å². The summed E-state index contributed by atoms with van der Waals surface area (Å²) < 4.78 is 32.1. The molecule has 0 saturated heterocycles. The molecule has 3 N–H and O–H groups in total. The van der Waals surface area contributed by atoms with Gasteiger partial charge in [0, 0.05) is 29.6 Å². The molecule has 0 atom stereocenters. The van der Waals surface area contributed by atoms with E-state index in [9.17, 15) is 18.0 Å². The summed E-state index contributed by atoms with van der Waals surface area (Å²) in [5.41, 5.74) is 1.50. The van der Waals surface area contributed by atoms with E-state index in [1.165, 1.54) is 30.3 Å². The molecule has 0 radical (unpaired) electrons. The van der Waals surface area contributed by atoms with Gasteiger partial charge in [-0.1, -0.05) is 19.1 Å². The maximum atomic E-state index is 12.3. The Labute approximate surface area is 185 Å². The molecule has 0 bridgehead atoms. The minimum Gasteiger partial charge on any atom is -0.484 e. The molecule has 32 heavy (non-hydrogen) atoms. The molecule has 0 saturated carbocycles. The third-order valence-corrected chi connectivity index (χ3v) is 5.81. The minimum absolute atomic E-state index is 0.127. The van der Waals surface area contributed by atoms with E-state index in [4.69, 9.17) is 4.74 Å². The van der Waals surface area contributed by atoms with Gasteiger partial charge in [-0.3, -0.25) is 9.59 Å². The Morgan fingerprint density at radius 2 is 1.88 bits per heavy atom. The SMILES string of the molecule is CCCNS(=O)(=O)c1ccc(OCC(=O)Nc2cccc(-c3nc(C)cc(=O)[nH]3)c2)cc1. The van der Waals surface area contributed by atoms with Crippen LogP contribution in [0.15, 0.2) is 64.3 Å². The number of sulfonamides is 1. The van der Waals surface area contributed by atoms with Crippen LogP contribution in [0.2, 0.25) is 0 Å². The Kier molecular flexibility index (Phi) is 7.39. The van der Waals surface area contributed by atoms with Gasteiger partial charge in [0.15, 0.2) is 6.61 Å². The average molecular weight is 457 g/mol. The Morgan fingerprint density at radius 3 is 2.56 bits per heavy atom. The predicted octanol–water partition coefficient (Wildman–Crippen LogP) is 2.45. The number of carbonyl (C=O) groups excluding carboxylic acids is 1. The van der Waals surface area contributed by atoms with Crippen molar-refractivity contribution in [3.05, 3.63) is 70.6 Å². The quantitative estimate of drug-likeness (QED) is 0.453. The lowest BCUT2D eigenvalue weighted by atomic mass is 10.2. The maximum absolute atomic E-state index is 12.3. The van der Waals surface area contributed by atoms with Crippen LogP contribution in [0.1, 0.15) is 19.0 Å². The predicted molar refractivity (Wildman–Crippen MR) is 121 cm³/mol. The Hall–Kier alpha value is -3.50. The van der Waals surface area contributed by atoms with Crippen molar-refractivity contribution in [1.29, 1.82) is 0 Å². The molecule has 3 aromatic rings. The number of rotatable bonds is 9. The highest BCUT2D eigenvalue weighted by atomic mass is 32.2. The van der Waals surface area contributed by atoms with E-state index in [0.29, 0.717) is 41.5 Å². The topological polar surface area (TPSA) is 130 Å². The molecule has 0 aliphatic rings. The Morgan fingerprint density at radius 1 is 1.12 bits per heavy atom. The van der Waals surface area contributed by atoms with Crippen LogP contribution in [0.5, 0.6) is 5.75 Å². The fourth-order valence-electron chi connectivity index (χ4n) is 2.84. The molecule has 0 spiro atoms. The van der Waals surface area contributed by atoms with E-state index < -0.39 is 15.9 Å². The van der Waals surface area contributed by atoms with Gasteiger partial charge in [0.25, 0.3) is 11.5 Å². The Balaban J connectivity index is 1.60. The number of hydrogen-bond acceptors (Lipinski definition) is 6. The molecule has 3 rings (SSSR count). The van der Waals surface area contributed by atoms with E-state index >= 15 is 0 Å². The van der Waals surface area contributed by atoms with Crippen LogP contribution in [0.3, 0.4) is 0 Å². The van der Waals surface area contributed by atoms with Crippen molar-refractivity contribution >= 4 is 21.6 Å². The first-order chi connectivity index (χ1) is 15.3. The second-order valence-electron chi connectivity index (χ2n) is 7.02. The molecule has 168 valence electrons. The molecule has 10 heteroatoms. The van der Waals surface area contributed by atoms with E-state index in [1.807, 2.05) is 6.92 Å². The summed E-state index contributed by atoms with van der Waals surface area (Å²) in [5.74, 6) is 0.379. The number of hydrogen-bond donors (Lipinski definition) is 3. The summed E-state index contributed by atoms with van der Waals surface area (Å²) >= 11 is 0.